The molecular weight excluding hydrogens is 444 g/mol. The molecule has 3 aromatic rings. The van der Waals surface area contributed by atoms with Crippen LogP contribution in [0.1, 0.15) is 29.8 Å². The van der Waals surface area contributed by atoms with E-state index in [1.165, 1.54) is 26.7 Å². The molecule has 2 aromatic carbocycles. The highest BCUT2D eigenvalue weighted by Gasteiger charge is 2.25. The van der Waals surface area contributed by atoms with Crippen molar-refractivity contribution in [3.05, 3.63) is 53.6 Å². The molecule has 2 heterocycles. The third-order valence-electron chi connectivity index (χ3n) is 5.89. The van der Waals surface area contributed by atoms with Crippen molar-refractivity contribution in [1.82, 2.24) is 14.2 Å². The average molecular weight is 473 g/mol. The lowest BCUT2D eigenvalue weighted by Crippen LogP contribution is -2.48. The van der Waals surface area contributed by atoms with E-state index >= 15 is 0 Å². The molecule has 0 bridgehead atoms. The third-order valence-corrected chi connectivity index (χ3v) is 9.04. The normalized spacial score (nSPS) is 15.0. The molecule has 1 saturated heterocycles. The van der Waals surface area contributed by atoms with Gasteiger partial charge in [-0.3, -0.25) is 4.79 Å². The Balaban J connectivity index is 1.42. The number of sulfonamides is 1. The molecule has 0 N–H and O–H groups in total. The second-order valence-corrected chi connectivity index (χ2v) is 10.8. The van der Waals surface area contributed by atoms with E-state index in [1.807, 2.05) is 18.7 Å². The topological polar surface area (TPSA) is 73.8 Å². The summed E-state index contributed by atoms with van der Waals surface area (Å²) in [5, 5.41) is 0.993. The number of anilines is 1. The van der Waals surface area contributed by atoms with E-state index in [-0.39, 0.29) is 10.8 Å². The number of aryl methyl sites for hydroxylation is 1. The predicted octanol–water partition coefficient (Wildman–Crippen LogP) is 3.60. The van der Waals surface area contributed by atoms with Crippen LogP contribution in [-0.4, -0.2) is 67.8 Å². The number of carbonyl (C=O) groups is 1. The molecule has 1 aromatic heterocycles. The summed E-state index contributed by atoms with van der Waals surface area (Å²) in [6.07, 6.45) is 0. The van der Waals surface area contributed by atoms with Crippen molar-refractivity contribution in [2.24, 2.45) is 0 Å². The Labute approximate surface area is 193 Å². The third kappa shape index (κ3) is 4.24. The van der Waals surface area contributed by atoms with Crippen molar-refractivity contribution in [3.8, 4) is 0 Å². The van der Waals surface area contributed by atoms with Gasteiger partial charge in [-0.05, 0) is 42.8 Å². The number of para-hydroxylation sites is 1. The quantitative estimate of drug-likeness (QED) is 0.548. The summed E-state index contributed by atoms with van der Waals surface area (Å²) in [7, 11) is -3.52. The molecular formula is C23H28N4O3S2. The maximum absolute atomic E-state index is 13.0. The molecule has 1 fully saturated rings. The van der Waals surface area contributed by atoms with Gasteiger partial charge < -0.3 is 9.80 Å². The van der Waals surface area contributed by atoms with Crippen molar-refractivity contribution in [1.29, 1.82) is 0 Å². The summed E-state index contributed by atoms with van der Waals surface area (Å²) in [5.74, 6) is -0.0726. The summed E-state index contributed by atoms with van der Waals surface area (Å²) in [5.41, 5.74) is 2.73. The zero-order chi connectivity index (χ0) is 22.9. The SMILES string of the molecule is CCN(CC)S(=O)(=O)c1ccc(C(=O)N2CCN(c3nc4c(C)cccc4s3)CC2)cc1. The Bertz CT molecular complexity index is 1210. The van der Waals surface area contributed by atoms with Gasteiger partial charge in [-0.15, -0.1) is 0 Å². The number of hydrogen-bond donors (Lipinski definition) is 0. The van der Waals surface area contributed by atoms with Gasteiger partial charge in [0.15, 0.2) is 5.13 Å². The van der Waals surface area contributed by atoms with E-state index in [9.17, 15) is 13.2 Å². The van der Waals surface area contributed by atoms with Gasteiger partial charge in [-0.25, -0.2) is 13.4 Å². The second-order valence-electron chi connectivity index (χ2n) is 7.81. The summed E-state index contributed by atoms with van der Waals surface area (Å²) >= 11 is 1.68. The van der Waals surface area contributed by atoms with E-state index in [1.54, 1.807) is 23.5 Å². The highest BCUT2D eigenvalue weighted by molar-refractivity contribution is 7.89. The smallest absolute Gasteiger partial charge is 0.253 e. The van der Waals surface area contributed by atoms with Gasteiger partial charge in [0.1, 0.15) is 0 Å². The van der Waals surface area contributed by atoms with Crippen molar-refractivity contribution < 1.29 is 13.2 Å². The first-order chi connectivity index (χ1) is 15.3. The first-order valence-electron chi connectivity index (χ1n) is 10.9. The average Bonchev–Trinajstić information content (AvgIpc) is 3.25. The van der Waals surface area contributed by atoms with Crippen LogP contribution < -0.4 is 4.90 Å². The number of amides is 1. The van der Waals surface area contributed by atoms with Gasteiger partial charge in [0.05, 0.1) is 15.1 Å². The van der Waals surface area contributed by atoms with Gasteiger partial charge in [0, 0.05) is 44.8 Å². The van der Waals surface area contributed by atoms with Crippen LogP contribution in [0.15, 0.2) is 47.4 Å². The Hall–Kier alpha value is -2.49. The number of carbonyl (C=O) groups excluding carboxylic acids is 1. The van der Waals surface area contributed by atoms with E-state index < -0.39 is 10.0 Å². The lowest BCUT2D eigenvalue weighted by Gasteiger charge is -2.34. The molecule has 32 heavy (non-hydrogen) atoms. The monoisotopic (exact) mass is 472 g/mol. The summed E-state index contributed by atoms with van der Waals surface area (Å²) in [4.78, 5) is 22.0. The zero-order valence-corrected chi connectivity index (χ0v) is 20.2. The number of benzene rings is 2. The first kappa shape index (κ1) is 22.7. The maximum Gasteiger partial charge on any atom is 0.253 e. The van der Waals surface area contributed by atoms with Crippen LogP contribution in [0, 0.1) is 6.92 Å². The molecule has 1 amide bonds. The standard InChI is InChI=1S/C23H28N4O3S2/c1-4-27(5-2)32(29,30)19-11-9-18(10-12-19)22(28)25-13-15-26(16-14-25)23-24-21-17(3)7-6-8-20(21)31-23/h6-12H,4-5,13-16H2,1-3H3. The van der Waals surface area contributed by atoms with Crippen LogP contribution in [0.2, 0.25) is 0 Å². The van der Waals surface area contributed by atoms with Crippen LogP contribution in [0.4, 0.5) is 5.13 Å². The van der Waals surface area contributed by atoms with E-state index in [0.717, 1.165) is 23.7 Å². The number of aromatic nitrogens is 1. The lowest BCUT2D eigenvalue weighted by atomic mass is 10.2. The van der Waals surface area contributed by atoms with Gasteiger partial charge >= 0.3 is 0 Å². The van der Waals surface area contributed by atoms with E-state index in [4.69, 9.17) is 4.98 Å². The summed E-state index contributed by atoms with van der Waals surface area (Å²) in [6, 6.07) is 12.5. The van der Waals surface area contributed by atoms with Crippen molar-refractivity contribution in [3.63, 3.8) is 0 Å². The van der Waals surface area contributed by atoms with Crippen LogP contribution in [0.3, 0.4) is 0 Å². The molecule has 0 spiro atoms. The Morgan fingerprint density at radius 1 is 1.03 bits per heavy atom. The Morgan fingerprint density at radius 2 is 1.69 bits per heavy atom. The minimum absolute atomic E-state index is 0.0726. The Kier molecular flexibility index (Phi) is 6.50. The first-order valence-corrected chi connectivity index (χ1v) is 13.1. The van der Waals surface area contributed by atoms with E-state index in [0.29, 0.717) is 31.7 Å². The fourth-order valence-corrected chi connectivity index (χ4v) is 6.53. The van der Waals surface area contributed by atoms with Crippen LogP contribution >= 0.6 is 11.3 Å². The molecule has 1 aliphatic rings. The molecule has 0 radical (unpaired) electrons. The second kappa shape index (κ2) is 9.17. The summed E-state index contributed by atoms with van der Waals surface area (Å²) in [6.45, 7) is 9.18. The number of hydrogen-bond acceptors (Lipinski definition) is 6. The fourth-order valence-electron chi connectivity index (χ4n) is 3.98. The minimum Gasteiger partial charge on any atom is -0.345 e. The van der Waals surface area contributed by atoms with Crippen LogP contribution in [0.25, 0.3) is 10.2 Å². The van der Waals surface area contributed by atoms with Crippen LogP contribution in [-0.2, 0) is 10.0 Å². The van der Waals surface area contributed by atoms with Crippen molar-refractivity contribution in [2.75, 3.05) is 44.2 Å². The van der Waals surface area contributed by atoms with Gasteiger partial charge in [-0.2, -0.15) is 4.31 Å². The maximum atomic E-state index is 13.0. The highest BCUT2D eigenvalue weighted by Crippen LogP contribution is 2.31. The molecule has 0 saturated carbocycles. The molecule has 0 unspecified atom stereocenters. The summed E-state index contributed by atoms with van der Waals surface area (Å²) < 4.78 is 27.9. The Morgan fingerprint density at radius 3 is 2.28 bits per heavy atom. The molecule has 7 nitrogen and oxygen atoms in total. The zero-order valence-electron chi connectivity index (χ0n) is 18.6. The van der Waals surface area contributed by atoms with Crippen LogP contribution in [0.5, 0.6) is 0 Å². The fraction of sp³-hybridized carbons (Fsp3) is 0.391. The lowest BCUT2D eigenvalue weighted by molar-refractivity contribution is 0.0746. The molecule has 4 rings (SSSR count). The molecule has 170 valence electrons. The number of fused-ring (bicyclic) bond motifs is 1. The molecule has 1 aliphatic heterocycles. The largest absolute Gasteiger partial charge is 0.345 e. The van der Waals surface area contributed by atoms with Crippen molar-refractivity contribution in [2.45, 2.75) is 25.7 Å². The van der Waals surface area contributed by atoms with Gasteiger partial charge in [0.2, 0.25) is 10.0 Å². The molecule has 0 atom stereocenters. The highest BCUT2D eigenvalue weighted by atomic mass is 32.2. The molecule has 9 heteroatoms. The minimum atomic E-state index is -3.52. The number of piperazine rings is 1. The predicted molar refractivity (Wildman–Crippen MR) is 129 cm³/mol. The molecule has 0 aliphatic carbocycles. The van der Waals surface area contributed by atoms with Gasteiger partial charge in [-0.1, -0.05) is 37.3 Å². The van der Waals surface area contributed by atoms with Gasteiger partial charge in [0.25, 0.3) is 5.91 Å². The van der Waals surface area contributed by atoms with Crippen molar-refractivity contribution >= 4 is 42.6 Å². The number of thiazole rings is 1. The van der Waals surface area contributed by atoms with E-state index in [2.05, 4.69) is 30.0 Å². The number of nitrogens with zero attached hydrogens (tertiary/aromatic N) is 4. The number of rotatable bonds is 6.